The van der Waals surface area contributed by atoms with Crippen LogP contribution in [0.2, 0.25) is 0 Å². The zero-order valence-electron chi connectivity index (χ0n) is 28.4. The fourth-order valence-corrected chi connectivity index (χ4v) is 6.54. The number of carbonyl (C=O) groups is 3. The molecule has 1 aliphatic carbocycles. The maximum atomic E-state index is 13.3. The van der Waals surface area contributed by atoms with Gasteiger partial charge in [-0.1, -0.05) is 32.4 Å². The molecule has 2 aliphatic heterocycles. The number of nitrogens with two attached hydrogens (primary N) is 1. The second kappa shape index (κ2) is 16.3. The summed E-state index contributed by atoms with van der Waals surface area (Å²) in [6.45, 7) is 10.0. The first-order chi connectivity index (χ1) is 24.3. The highest BCUT2D eigenvalue weighted by Gasteiger charge is 2.40. The quantitative estimate of drug-likeness (QED) is 0.215. The number of aromatic amines is 1. The molecule has 0 bridgehead atoms. The number of nitrogens with zero attached hydrogens (tertiary/aromatic N) is 5. The number of rotatable bonds is 5. The number of H-pyrrole nitrogens is 1. The van der Waals surface area contributed by atoms with Gasteiger partial charge in [-0.15, -0.1) is 0 Å². The molecule has 0 radical (unpaired) electrons. The fourth-order valence-electron chi connectivity index (χ4n) is 6.54. The van der Waals surface area contributed by atoms with Gasteiger partial charge in [0.2, 0.25) is 5.95 Å². The summed E-state index contributed by atoms with van der Waals surface area (Å²) >= 11 is 0. The van der Waals surface area contributed by atoms with Gasteiger partial charge >= 0.3 is 24.3 Å². The molecular weight excluding hydrogens is 702 g/mol. The first-order valence-electron chi connectivity index (χ1n) is 16.4. The number of aliphatic carboxylic acids is 2. The maximum Gasteiger partial charge on any atom is 0.490 e. The molecule has 284 valence electrons. The molecule has 6 rings (SSSR count). The Balaban J connectivity index is 0.000000367. The average molecular weight is 743 g/mol. The lowest BCUT2D eigenvalue weighted by Crippen LogP contribution is -2.46. The lowest BCUT2D eigenvalue weighted by atomic mass is 9.73. The Kier molecular flexibility index (Phi) is 12.5. The molecule has 1 amide bonds. The Bertz CT molecular complexity index is 1690. The van der Waals surface area contributed by atoms with E-state index in [-0.39, 0.29) is 17.3 Å². The Morgan fingerprint density at radius 3 is 2.04 bits per heavy atom. The van der Waals surface area contributed by atoms with Gasteiger partial charge in [-0.3, -0.25) is 14.8 Å². The summed E-state index contributed by atoms with van der Waals surface area (Å²) in [7, 11) is 0. The van der Waals surface area contributed by atoms with Crippen LogP contribution in [0.25, 0.3) is 11.4 Å². The number of carboxylic acids is 2. The van der Waals surface area contributed by atoms with E-state index in [9.17, 15) is 31.1 Å². The highest BCUT2D eigenvalue weighted by Crippen LogP contribution is 2.42. The maximum absolute atomic E-state index is 13.3. The van der Waals surface area contributed by atoms with E-state index in [4.69, 9.17) is 25.5 Å². The molecular formula is C33H40F6N8O5. The lowest BCUT2D eigenvalue weighted by molar-refractivity contribution is -0.193. The summed E-state index contributed by atoms with van der Waals surface area (Å²) in [4.78, 5) is 44.9. The van der Waals surface area contributed by atoms with Crippen LogP contribution in [0.1, 0.15) is 73.1 Å². The standard InChI is InChI=1S/C29H38N8O.2C2HF3O2/c1-29(2)16-20-17-31-28(30)33-24(20)25-23(29)26(35-34-25)27(38)32-21-8-6-19(7-9-21)18-36-14-10-22(11-15-36)37-12-4-3-5-13-37;2*3-2(4,5)1(6)7/h6-9,17,22H,3-5,10-16,18H2,1-2H3,(H,32,38)(H,34,35)(H2,30,31,33);2*(H,6,7). The molecule has 0 saturated carbocycles. The van der Waals surface area contributed by atoms with Gasteiger partial charge in [0.25, 0.3) is 5.91 Å². The van der Waals surface area contributed by atoms with Crippen molar-refractivity contribution in [2.75, 3.05) is 37.2 Å². The number of likely N-dealkylation sites (tertiary alicyclic amines) is 2. The van der Waals surface area contributed by atoms with E-state index in [1.54, 1.807) is 6.20 Å². The van der Waals surface area contributed by atoms with Gasteiger partial charge in [-0.2, -0.15) is 31.4 Å². The number of nitrogens with one attached hydrogen (secondary N) is 2. The van der Waals surface area contributed by atoms with Crippen LogP contribution in [0.4, 0.5) is 38.0 Å². The Hall–Kier alpha value is -4.78. The number of amides is 1. The molecule has 3 aliphatic rings. The third-order valence-electron chi connectivity index (χ3n) is 8.98. The Morgan fingerprint density at radius 2 is 1.50 bits per heavy atom. The number of benzene rings is 1. The van der Waals surface area contributed by atoms with Crippen LogP contribution >= 0.6 is 0 Å². The Morgan fingerprint density at radius 1 is 0.942 bits per heavy atom. The van der Waals surface area contributed by atoms with Gasteiger partial charge in [0.05, 0.1) is 11.4 Å². The zero-order valence-corrected chi connectivity index (χ0v) is 28.4. The number of hydrogen-bond donors (Lipinski definition) is 5. The second-order valence-corrected chi connectivity index (χ2v) is 13.3. The minimum atomic E-state index is -5.08. The number of piperidine rings is 2. The molecule has 13 nitrogen and oxygen atoms in total. The number of carboxylic acid groups (broad SMARTS) is 2. The molecule has 2 fully saturated rings. The van der Waals surface area contributed by atoms with Crippen LogP contribution < -0.4 is 11.1 Å². The molecule has 2 aromatic heterocycles. The van der Waals surface area contributed by atoms with Crippen molar-refractivity contribution in [3.05, 3.63) is 52.8 Å². The van der Waals surface area contributed by atoms with E-state index in [0.717, 1.165) is 53.9 Å². The van der Waals surface area contributed by atoms with Crippen molar-refractivity contribution in [3.63, 3.8) is 0 Å². The minimum absolute atomic E-state index is 0.210. The van der Waals surface area contributed by atoms with Crippen LogP contribution in [-0.2, 0) is 28.0 Å². The molecule has 4 heterocycles. The van der Waals surface area contributed by atoms with Gasteiger partial charge in [-0.05, 0) is 87.0 Å². The van der Waals surface area contributed by atoms with Crippen molar-refractivity contribution in [2.45, 2.75) is 82.7 Å². The number of anilines is 2. The largest absolute Gasteiger partial charge is 0.490 e. The first kappa shape index (κ1) is 40.0. The molecule has 1 aromatic carbocycles. The fraction of sp³-hybridized carbons (Fsp3) is 0.515. The van der Waals surface area contributed by atoms with Gasteiger partial charge in [-0.25, -0.2) is 19.6 Å². The third-order valence-corrected chi connectivity index (χ3v) is 8.98. The molecule has 19 heteroatoms. The first-order valence-corrected chi connectivity index (χ1v) is 16.4. The number of fused-ring (bicyclic) bond motifs is 3. The molecule has 52 heavy (non-hydrogen) atoms. The zero-order chi connectivity index (χ0) is 38.4. The van der Waals surface area contributed by atoms with E-state index in [2.05, 4.69) is 61.3 Å². The van der Waals surface area contributed by atoms with Crippen molar-refractivity contribution in [1.82, 2.24) is 30.0 Å². The lowest BCUT2D eigenvalue weighted by Gasteiger charge is -2.40. The summed E-state index contributed by atoms with van der Waals surface area (Å²) in [5.74, 6) is -5.53. The van der Waals surface area contributed by atoms with Gasteiger partial charge in [0, 0.05) is 30.0 Å². The topological polar surface area (TPSA) is 191 Å². The molecule has 3 aromatic rings. The summed E-state index contributed by atoms with van der Waals surface area (Å²) in [6, 6.07) is 8.97. The van der Waals surface area contributed by atoms with E-state index in [0.29, 0.717) is 12.1 Å². The third kappa shape index (κ3) is 10.4. The van der Waals surface area contributed by atoms with E-state index >= 15 is 0 Å². The monoisotopic (exact) mass is 742 g/mol. The number of hydrogen-bond acceptors (Lipinski definition) is 9. The van der Waals surface area contributed by atoms with Crippen LogP contribution in [0.15, 0.2) is 30.5 Å². The second-order valence-electron chi connectivity index (χ2n) is 13.3. The molecule has 2 saturated heterocycles. The van der Waals surface area contributed by atoms with E-state index in [1.165, 1.54) is 50.8 Å². The highest BCUT2D eigenvalue weighted by atomic mass is 19.4. The smallest absolute Gasteiger partial charge is 0.475 e. The van der Waals surface area contributed by atoms with Crippen molar-refractivity contribution in [2.24, 2.45) is 0 Å². The van der Waals surface area contributed by atoms with Crippen LogP contribution in [-0.4, -0.2) is 103 Å². The number of halogens is 6. The van der Waals surface area contributed by atoms with Crippen LogP contribution in [0.3, 0.4) is 0 Å². The van der Waals surface area contributed by atoms with Crippen molar-refractivity contribution < 1.29 is 50.9 Å². The predicted octanol–water partition coefficient (Wildman–Crippen LogP) is 5.25. The van der Waals surface area contributed by atoms with Crippen molar-refractivity contribution >= 4 is 29.5 Å². The van der Waals surface area contributed by atoms with Crippen LogP contribution in [0, 0.1) is 0 Å². The minimum Gasteiger partial charge on any atom is -0.475 e. The van der Waals surface area contributed by atoms with Crippen LogP contribution in [0.5, 0.6) is 0 Å². The number of alkyl halides is 6. The van der Waals surface area contributed by atoms with Crippen molar-refractivity contribution in [3.8, 4) is 11.4 Å². The molecule has 0 atom stereocenters. The van der Waals surface area contributed by atoms with Gasteiger partial charge in [0.1, 0.15) is 0 Å². The average Bonchev–Trinajstić information content (AvgIpc) is 3.54. The number of nitrogen functional groups attached to an aromatic ring is 1. The van der Waals surface area contributed by atoms with Gasteiger partial charge < -0.3 is 26.2 Å². The van der Waals surface area contributed by atoms with E-state index in [1.807, 2.05) is 12.1 Å². The molecule has 0 spiro atoms. The predicted molar refractivity (Wildman–Crippen MR) is 176 cm³/mol. The summed E-state index contributed by atoms with van der Waals surface area (Å²) < 4.78 is 63.5. The summed E-state index contributed by atoms with van der Waals surface area (Å²) in [5, 5.41) is 24.7. The molecule has 6 N–H and O–H groups in total. The van der Waals surface area contributed by atoms with E-state index < -0.39 is 24.3 Å². The summed E-state index contributed by atoms with van der Waals surface area (Å²) in [6.07, 6.45) is -1.04. The summed E-state index contributed by atoms with van der Waals surface area (Å²) in [5.41, 5.74) is 11.3. The Labute approximate surface area is 294 Å². The van der Waals surface area contributed by atoms with Crippen molar-refractivity contribution in [1.29, 1.82) is 0 Å². The molecule has 0 unspecified atom stereocenters. The number of aromatic nitrogens is 4. The highest BCUT2D eigenvalue weighted by molar-refractivity contribution is 6.05. The van der Waals surface area contributed by atoms with Gasteiger partial charge in [0.15, 0.2) is 5.69 Å². The number of carbonyl (C=O) groups excluding carboxylic acids is 1. The normalized spacial score (nSPS) is 17.7. The SMILES string of the molecule is CC1(C)Cc2cnc(N)nc2-c2[nH]nc(C(=O)Nc3ccc(CN4CCC(N5CCCCC5)CC4)cc3)c21.O=C(O)C(F)(F)F.O=C(O)C(F)(F)F.